The zero-order valence-corrected chi connectivity index (χ0v) is 20.7. The number of carbonyl (C=O) groups is 1. The average Bonchev–Trinajstić information content (AvgIpc) is 2.91. The number of rotatable bonds is 9. The summed E-state index contributed by atoms with van der Waals surface area (Å²) in [6, 6.07) is 14.8. The van der Waals surface area contributed by atoms with Crippen LogP contribution in [0.25, 0.3) is 0 Å². The standard InChI is InChI=1S/C28H32FN7O/c1-2-24(37)33-20-6-4-7-21(16-20)34-25-23(29)17-31-26(36-25)35-22-8-3-5-19(15-22)32-18-27-9-12-28(30,13-10-27)14-11-27/h2-8,15-17,32H,1,9-14,18,30H2,(H,33,37)(H2,31,34,35,36). The van der Waals surface area contributed by atoms with Crippen LogP contribution in [-0.2, 0) is 4.79 Å². The molecule has 0 spiro atoms. The second-order valence-corrected chi connectivity index (χ2v) is 10.2. The summed E-state index contributed by atoms with van der Waals surface area (Å²) in [5.74, 6) is -0.649. The van der Waals surface area contributed by atoms with Crippen LogP contribution in [0.4, 0.5) is 38.9 Å². The monoisotopic (exact) mass is 501 g/mol. The number of nitrogens with two attached hydrogens (primary N) is 1. The normalized spacial score (nSPS) is 22.2. The fourth-order valence-electron chi connectivity index (χ4n) is 5.20. The van der Waals surface area contributed by atoms with Crippen LogP contribution in [0.2, 0.25) is 0 Å². The molecular weight excluding hydrogens is 469 g/mol. The Balaban J connectivity index is 1.24. The number of aromatic nitrogens is 2. The maximum absolute atomic E-state index is 14.5. The van der Waals surface area contributed by atoms with Gasteiger partial charge in [0.15, 0.2) is 11.6 Å². The second kappa shape index (κ2) is 10.2. The summed E-state index contributed by atoms with van der Waals surface area (Å²) in [4.78, 5) is 20.0. The van der Waals surface area contributed by atoms with Crippen molar-refractivity contribution in [2.75, 3.05) is 27.8 Å². The molecule has 37 heavy (non-hydrogen) atoms. The van der Waals surface area contributed by atoms with Gasteiger partial charge in [0, 0.05) is 34.8 Å². The van der Waals surface area contributed by atoms with Crippen molar-refractivity contribution >= 4 is 40.4 Å². The van der Waals surface area contributed by atoms with Crippen LogP contribution in [0.15, 0.2) is 67.4 Å². The van der Waals surface area contributed by atoms with E-state index in [4.69, 9.17) is 5.73 Å². The maximum Gasteiger partial charge on any atom is 0.247 e. The molecular formula is C28H32FN7O. The van der Waals surface area contributed by atoms with Crippen molar-refractivity contribution in [2.45, 2.75) is 44.1 Å². The van der Waals surface area contributed by atoms with Gasteiger partial charge in [-0.05, 0) is 86.4 Å². The van der Waals surface area contributed by atoms with Gasteiger partial charge in [0.05, 0.1) is 6.20 Å². The third-order valence-corrected chi connectivity index (χ3v) is 7.57. The molecule has 1 amide bonds. The lowest BCUT2D eigenvalue weighted by Gasteiger charge is -2.52. The van der Waals surface area contributed by atoms with Gasteiger partial charge in [-0.3, -0.25) is 4.79 Å². The number of amides is 1. The fraction of sp³-hybridized carbons (Fsp3) is 0.321. The molecule has 0 atom stereocenters. The summed E-state index contributed by atoms with van der Waals surface area (Å²) >= 11 is 0. The van der Waals surface area contributed by atoms with Crippen molar-refractivity contribution in [1.29, 1.82) is 0 Å². The Morgan fingerprint density at radius 1 is 0.973 bits per heavy atom. The smallest absolute Gasteiger partial charge is 0.247 e. The van der Waals surface area contributed by atoms with Gasteiger partial charge in [-0.2, -0.15) is 4.98 Å². The molecule has 0 unspecified atom stereocenters. The second-order valence-electron chi connectivity index (χ2n) is 10.2. The van der Waals surface area contributed by atoms with Crippen LogP contribution in [0, 0.1) is 11.2 Å². The highest BCUT2D eigenvalue weighted by atomic mass is 19.1. The third kappa shape index (κ3) is 5.89. The van der Waals surface area contributed by atoms with Crippen molar-refractivity contribution in [1.82, 2.24) is 9.97 Å². The minimum absolute atomic E-state index is 0.0173. The number of hydrogen-bond acceptors (Lipinski definition) is 7. The molecule has 6 rings (SSSR count). The number of anilines is 6. The van der Waals surface area contributed by atoms with Crippen LogP contribution in [0.5, 0.6) is 0 Å². The van der Waals surface area contributed by atoms with Gasteiger partial charge in [0.2, 0.25) is 11.9 Å². The van der Waals surface area contributed by atoms with Crippen molar-refractivity contribution in [3.8, 4) is 0 Å². The Bertz CT molecular complexity index is 1290. The number of nitrogens with zero attached hydrogens (tertiary/aromatic N) is 2. The Morgan fingerprint density at radius 3 is 2.30 bits per heavy atom. The molecule has 3 aromatic rings. The van der Waals surface area contributed by atoms with Crippen molar-refractivity contribution in [3.05, 3.63) is 73.2 Å². The van der Waals surface area contributed by atoms with Gasteiger partial charge >= 0.3 is 0 Å². The van der Waals surface area contributed by atoms with E-state index in [1.165, 1.54) is 25.3 Å². The van der Waals surface area contributed by atoms with Crippen LogP contribution in [-0.4, -0.2) is 28.0 Å². The summed E-state index contributed by atoms with van der Waals surface area (Å²) in [6.45, 7) is 4.37. The summed E-state index contributed by atoms with van der Waals surface area (Å²) in [6.07, 6.45) is 9.17. The molecule has 192 valence electrons. The van der Waals surface area contributed by atoms with Crippen LogP contribution < -0.4 is 27.0 Å². The minimum Gasteiger partial charge on any atom is -0.384 e. The van der Waals surface area contributed by atoms with E-state index in [0.717, 1.165) is 43.4 Å². The first kappa shape index (κ1) is 24.7. The Kier molecular flexibility index (Phi) is 6.80. The number of fused-ring (bicyclic) bond motifs is 3. The first-order chi connectivity index (χ1) is 17.8. The highest BCUT2D eigenvalue weighted by molar-refractivity contribution is 5.99. The zero-order valence-electron chi connectivity index (χ0n) is 20.7. The topological polar surface area (TPSA) is 117 Å². The molecule has 3 saturated carbocycles. The molecule has 2 aromatic carbocycles. The lowest BCUT2D eigenvalue weighted by Crippen LogP contribution is -2.53. The molecule has 3 aliphatic carbocycles. The largest absolute Gasteiger partial charge is 0.384 e. The first-order valence-electron chi connectivity index (χ1n) is 12.6. The number of carbonyl (C=O) groups excluding carboxylic acids is 1. The molecule has 3 aliphatic rings. The molecule has 1 aromatic heterocycles. The molecule has 0 saturated heterocycles. The summed E-state index contributed by atoms with van der Waals surface area (Å²) in [7, 11) is 0. The molecule has 6 N–H and O–H groups in total. The number of nitrogens with one attached hydrogen (secondary N) is 4. The fourth-order valence-corrected chi connectivity index (χ4v) is 5.20. The number of benzene rings is 2. The van der Waals surface area contributed by atoms with Crippen molar-refractivity contribution in [3.63, 3.8) is 0 Å². The lowest BCUT2D eigenvalue weighted by molar-refractivity contribution is -0.111. The minimum atomic E-state index is -0.595. The maximum atomic E-state index is 14.5. The van der Waals surface area contributed by atoms with E-state index in [1.54, 1.807) is 24.3 Å². The predicted molar refractivity (Wildman–Crippen MR) is 146 cm³/mol. The van der Waals surface area contributed by atoms with Gasteiger partial charge in [-0.15, -0.1) is 0 Å². The zero-order chi connectivity index (χ0) is 25.9. The number of halogens is 1. The van der Waals surface area contributed by atoms with Crippen LogP contribution >= 0.6 is 0 Å². The van der Waals surface area contributed by atoms with Gasteiger partial charge < -0.3 is 27.0 Å². The third-order valence-electron chi connectivity index (χ3n) is 7.57. The average molecular weight is 502 g/mol. The van der Waals surface area contributed by atoms with Crippen LogP contribution in [0.1, 0.15) is 38.5 Å². The van der Waals surface area contributed by atoms with Gasteiger partial charge in [-0.25, -0.2) is 9.37 Å². The Labute approximate surface area is 216 Å². The first-order valence-corrected chi connectivity index (χ1v) is 12.6. The molecule has 2 bridgehead atoms. The van der Waals surface area contributed by atoms with Gasteiger partial charge in [0.1, 0.15) is 0 Å². The van der Waals surface area contributed by atoms with E-state index in [-0.39, 0.29) is 23.2 Å². The van der Waals surface area contributed by atoms with E-state index < -0.39 is 5.82 Å². The molecule has 8 nitrogen and oxygen atoms in total. The molecule has 9 heteroatoms. The van der Waals surface area contributed by atoms with Crippen molar-refractivity contribution < 1.29 is 9.18 Å². The van der Waals surface area contributed by atoms with E-state index in [9.17, 15) is 9.18 Å². The Hall–Kier alpha value is -3.98. The van der Waals surface area contributed by atoms with Gasteiger partial charge in [0.25, 0.3) is 0 Å². The summed E-state index contributed by atoms with van der Waals surface area (Å²) < 4.78 is 14.5. The SMILES string of the molecule is C=CC(=O)Nc1cccc(Nc2nc(Nc3cccc(NCC45CCC(N)(CC4)CC5)c3)ncc2F)c1. The summed E-state index contributed by atoms with van der Waals surface area (Å²) in [5, 5.41) is 12.4. The Morgan fingerprint density at radius 2 is 1.59 bits per heavy atom. The molecule has 1 heterocycles. The molecule has 0 aliphatic heterocycles. The van der Waals surface area contributed by atoms with E-state index in [1.807, 2.05) is 24.3 Å². The highest BCUT2D eigenvalue weighted by Gasteiger charge is 2.46. The summed E-state index contributed by atoms with van der Waals surface area (Å²) in [5.41, 5.74) is 9.78. The van der Waals surface area contributed by atoms with E-state index in [0.29, 0.717) is 16.8 Å². The quantitative estimate of drug-likeness (QED) is 0.239. The van der Waals surface area contributed by atoms with E-state index >= 15 is 0 Å². The number of hydrogen-bond donors (Lipinski definition) is 5. The predicted octanol–water partition coefficient (Wildman–Crippen LogP) is 5.69. The van der Waals surface area contributed by atoms with Crippen LogP contribution in [0.3, 0.4) is 0 Å². The van der Waals surface area contributed by atoms with Gasteiger partial charge in [-0.1, -0.05) is 18.7 Å². The van der Waals surface area contributed by atoms with E-state index in [2.05, 4.69) is 37.8 Å². The lowest BCUT2D eigenvalue weighted by atomic mass is 9.57. The molecule has 0 radical (unpaired) electrons. The molecule has 3 fully saturated rings. The van der Waals surface area contributed by atoms with Crippen molar-refractivity contribution in [2.24, 2.45) is 11.1 Å². The highest BCUT2D eigenvalue weighted by Crippen LogP contribution is 2.51.